The molecule has 1 aromatic carbocycles. The summed E-state index contributed by atoms with van der Waals surface area (Å²) in [5.74, 6) is 0.778. The minimum Gasteiger partial charge on any atom is -0.355 e. The van der Waals surface area contributed by atoms with Gasteiger partial charge in [0, 0.05) is 38.8 Å². The summed E-state index contributed by atoms with van der Waals surface area (Å²) in [7, 11) is 1.77. The van der Waals surface area contributed by atoms with E-state index in [9.17, 15) is 0 Å². The van der Waals surface area contributed by atoms with Gasteiger partial charge in [0.1, 0.15) is 0 Å². The average molecular weight is 443 g/mol. The largest absolute Gasteiger partial charge is 0.355 e. The van der Waals surface area contributed by atoms with Crippen LogP contribution in [0.5, 0.6) is 0 Å². The maximum Gasteiger partial charge on any atom is 0.191 e. The number of nitrogens with one attached hydrogen (secondary N) is 2. The summed E-state index contributed by atoms with van der Waals surface area (Å²) in [6.07, 6.45) is 0. The fourth-order valence-electron chi connectivity index (χ4n) is 2.57. The highest BCUT2D eigenvalue weighted by molar-refractivity contribution is 14.0. The third-order valence-electron chi connectivity index (χ3n) is 3.73. The maximum atomic E-state index is 8.93. The SMILES string of the molecule is CN=C(NCCN(C(C)C)C(C)C)NCc1cccc(C#N)c1.I. The molecule has 0 radical (unpaired) electrons. The van der Waals surface area contributed by atoms with E-state index in [2.05, 4.69) is 54.3 Å². The predicted octanol–water partition coefficient (Wildman–Crippen LogP) is 2.96. The molecule has 0 atom stereocenters. The summed E-state index contributed by atoms with van der Waals surface area (Å²) in [5, 5.41) is 15.6. The van der Waals surface area contributed by atoms with Crippen molar-refractivity contribution in [3.05, 3.63) is 35.4 Å². The van der Waals surface area contributed by atoms with Crippen LogP contribution < -0.4 is 10.6 Å². The molecule has 5 nitrogen and oxygen atoms in total. The molecule has 2 N–H and O–H groups in total. The zero-order chi connectivity index (χ0) is 17.2. The molecule has 0 heterocycles. The Bertz CT molecular complexity index is 541. The molecular weight excluding hydrogens is 413 g/mol. The van der Waals surface area contributed by atoms with Gasteiger partial charge in [-0.15, -0.1) is 24.0 Å². The molecule has 1 aromatic rings. The fourth-order valence-corrected chi connectivity index (χ4v) is 2.57. The van der Waals surface area contributed by atoms with Crippen molar-refractivity contribution in [1.82, 2.24) is 15.5 Å². The molecule has 0 aliphatic heterocycles. The molecule has 1 rings (SSSR count). The highest BCUT2D eigenvalue weighted by Crippen LogP contribution is 2.04. The molecule has 0 fully saturated rings. The Morgan fingerprint density at radius 2 is 1.88 bits per heavy atom. The third-order valence-corrected chi connectivity index (χ3v) is 3.73. The van der Waals surface area contributed by atoms with Crippen LogP contribution in [0.15, 0.2) is 29.3 Å². The number of guanidine groups is 1. The molecule has 0 aliphatic rings. The number of benzene rings is 1. The minimum absolute atomic E-state index is 0. The van der Waals surface area contributed by atoms with Crippen LogP contribution >= 0.6 is 24.0 Å². The van der Waals surface area contributed by atoms with Crippen LogP contribution in [0.1, 0.15) is 38.8 Å². The Morgan fingerprint density at radius 1 is 1.21 bits per heavy atom. The first-order chi connectivity index (χ1) is 11.0. The van der Waals surface area contributed by atoms with Crippen molar-refractivity contribution < 1.29 is 0 Å². The van der Waals surface area contributed by atoms with Crippen molar-refractivity contribution in [3.63, 3.8) is 0 Å². The lowest BCUT2D eigenvalue weighted by molar-refractivity contribution is 0.178. The smallest absolute Gasteiger partial charge is 0.191 e. The molecule has 0 aromatic heterocycles. The van der Waals surface area contributed by atoms with Gasteiger partial charge in [0.25, 0.3) is 0 Å². The van der Waals surface area contributed by atoms with E-state index < -0.39 is 0 Å². The van der Waals surface area contributed by atoms with Crippen LogP contribution in [0.3, 0.4) is 0 Å². The molecular formula is C18H30IN5. The summed E-state index contributed by atoms with van der Waals surface area (Å²) in [6, 6.07) is 10.8. The quantitative estimate of drug-likeness (QED) is 0.387. The van der Waals surface area contributed by atoms with Crippen LogP contribution in [0.2, 0.25) is 0 Å². The van der Waals surface area contributed by atoms with Crippen LogP contribution in [0.25, 0.3) is 0 Å². The Balaban J connectivity index is 0.00000529. The molecule has 0 amide bonds. The molecule has 0 saturated carbocycles. The Labute approximate surface area is 163 Å². The lowest BCUT2D eigenvalue weighted by Gasteiger charge is -2.30. The van der Waals surface area contributed by atoms with E-state index in [-0.39, 0.29) is 24.0 Å². The summed E-state index contributed by atoms with van der Waals surface area (Å²) in [6.45, 7) is 11.3. The van der Waals surface area contributed by atoms with Crippen molar-refractivity contribution in [2.75, 3.05) is 20.1 Å². The van der Waals surface area contributed by atoms with Crippen molar-refractivity contribution in [3.8, 4) is 6.07 Å². The van der Waals surface area contributed by atoms with Crippen LogP contribution in [0, 0.1) is 11.3 Å². The summed E-state index contributed by atoms with van der Waals surface area (Å²) in [4.78, 5) is 6.68. The minimum atomic E-state index is 0. The molecule has 0 unspecified atom stereocenters. The van der Waals surface area contributed by atoms with E-state index in [1.807, 2.05) is 24.3 Å². The highest BCUT2D eigenvalue weighted by atomic mass is 127. The molecule has 0 aliphatic carbocycles. The standard InChI is InChI=1S/C18H29N5.HI/c1-14(2)23(15(3)4)10-9-21-18(20-5)22-13-17-8-6-7-16(11-17)12-19;/h6-8,11,14-15H,9-10,13H2,1-5H3,(H2,20,21,22);1H. The Kier molecular flexibility index (Phi) is 11.4. The second-order valence-corrected chi connectivity index (χ2v) is 6.09. The van der Waals surface area contributed by atoms with Crippen LogP contribution in [-0.2, 0) is 6.54 Å². The monoisotopic (exact) mass is 443 g/mol. The molecule has 134 valence electrons. The topological polar surface area (TPSA) is 63.5 Å². The lowest BCUT2D eigenvalue weighted by Crippen LogP contribution is -2.45. The van der Waals surface area contributed by atoms with Crippen molar-refractivity contribution >= 4 is 29.9 Å². The van der Waals surface area contributed by atoms with E-state index in [1.54, 1.807) is 7.05 Å². The first-order valence-electron chi connectivity index (χ1n) is 8.17. The number of halogens is 1. The fraction of sp³-hybridized carbons (Fsp3) is 0.556. The summed E-state index contributed by atoms with van der Waals surface area (Å²) < 4.78 is 0. The molecule has 0 spiro atoms. The van der Waals surface area contributed by atoms with Crippen molar-refractivity contribution in [2.45, 2.75) is 46.3 Å². The molecule has 24 heavy (non-hydrogen) atoms. The average Bonchev–Trinajstić information content (AvgIpc) is 2.53. The van der Waals surface area contributed by atoms with E-state index in [0.29, 0.717) is 24.2 Å². The Hall–Kier alpha value is -1.33. The lowest BCUT2D eigenvalue weighted by atomic mass is 10.1. The maximum absolute atomic E-state index is 8.93. The number of hydrogen-bond donors (Lipinski definition) is 2. The third kappa shape index (κ3) is 7.97. The first kappa shape index (κ1) is 22.7. The summed E-state index contributed by atoms with van der Waals surface area (Å²) >= 11 is 0. The zero-order valence-electron chi connectivity index (χ0n) is 15.3. The van der Waals surface area contributed by atoms with Crippen LogP contribution in [-0.4, -0.2) is 43.1 Å². The van der Waals surface area contributed by atoms with Crippen molar-refractivity contribution in [2.24, 2.45) is 4.99 Å². The zero-order valence-corrected chi connectivity index (χ0v) is 17.7. The van der Waals surface area contributed by atoms with Crippen LogP contribution in [0.4, 0.5) is 0 Å². The predicted molar refractivity (Wildman–Crippen MR) is 112 cm³/mol. The molecule has 0 saturated heterocycles. The van der Waals surface area contributed by atoms with Gasteiger partial charge in [-0.2, -0.15) is 5.26 Å². The van der Waals surface area contributed by atoms with Gasteiger partial charge >= 0.3 is 0 Å². The van der Waals surface area contributed by atoms with E-state index in [1.165, 1.54) is 0 Å². The van der Waals surface area contributed by atoms with Gasteiger partial charge in [-0.1, -0.05) is 12.1 Å². The second kappa shape index (κ2) is 12.1. The van der Waals surface area contributed by atoms with Gasteiger partial charge in [0.2, 0.25) is 0 Å². The highest BCUT2D eigenvalue weighted by Gasteiger charge is 2.12. The summed E-state index contributed by atoms with van der Waals surface area (Å²) in [5.41, 5.74) is 1.75. The van der Waals surface area contributed by atoms with E-state index >= 15 is 0 Å². The van der Waals surface area contributed by atoms with Crippen molar-refractivity contribution in [1.29, 1.82) is 5.26 Å². The molecule has 6 heteroatoms. The molecule has 0 bridgehead atoms. The second-order valence-electron chi connectivity index (χ2n) is 6.09. The first-order valence-corrected chi connectivity index (χ1v) is 8.17. The normalized spacial score (nSPS) is 11.4. The van der Waals surface area contributed by atoms with Gasteiger partial charge in [-0.05, 0) is 45.4 Å². The number of nitrogens with zero attached hydrogens (tertiary/aromatic N) is 3. The number of hydrogen-bond acceptors (Lipinski definition) is 3. The number of rotatable bonds is 7. The van der Waals surface area contributed by atoms with Gasteiger partial charge < -0.3 is 10.6 Å². The van der Waals surface area contributed by atoms with Gasteiger partial charge in [-0.3, -0.25) is 9.89 Å². The van der Waals surface area contributed by atoms with Gasteiger partial charge in [0.15, 0.2) is 5.96 Å². The van der Waals surface area contributed by atoms with E-state index in [0.717, 1.165) is 24.6 Å². The number of nitriles is 1. The van der Waals surface area contributed by atoms with Gasteiger partial charge in [0.05, 0.1) is 11.6 Å². The number of aliphatic imine (C=N–C) groups is 1. The van der Waals surface area contributed by atoms with Gasteiger partial charge in [-0.25, -0.2) is 0 Å². The van der Waals surface area contributed by atoms with E-state index in [4.69, 9.17) is 5.26 Å². The Morgan fingerprint density at radius 3 is 2.42 bits per heavy atom.